The summed E-state index contributed by atoms with van der Waals surface area (Å²) < 4.78 is 0. The van der Waals surface area contributed by atoms with E-state index in [0.29, 0.717) is 0 Å². The fourth-order valence-electron chi connectivity index (χ4n) is 1.14. The number of thiol groups is 1. The van der Waals surface area contributed by atoms with E-state index < -0.39 is 0 Å². The molecule has 0 saturated heterocycles. The van der Waals surface area contributed by atoms with Crippen molar-refractivity contribution in [3.63, 3.8) is 0 Å². The quantitative estimate of drug-likeness (QED) is 0.761. The molecule has 0 aliphatic carbocycles. The molecule has 0 radical (unpaired) electrons. The van der Waals surface area contributed by atoms with E-state index in [1.54, 1.807) is 18.3 Å². The highest BCUT2D eigenvalue weighted by molar-refractivity contribution is 7.81. The van der Waals surface area contributed by atoms with Crippen molar-refractivity contribution in [1.82, 2.24) is 5.32 Å². The summed E-state index contributed by atoms with van der Waals surface area (Å²) in [5.74, 6) is -0.00242. The van der Waals surface area contributed by atoms with Crippen LogP contribution in [0.25, 0.3) is 0 Å². The number of rotatable bonds is 4. The van der Waals surface area contributed by atoms with Gasteiger partial charge in [0.1, 0.15) is 0 Å². The van der Waals surface area contributed by atoms with Crippen LogP contribution >= 0.6 is 24.0 Å². The van der Waals surface area contributed by atoms with Crippen LogP contribution in [-0.4, -0.2) is 17.2 Å². The first-order chi connectivity index (χ1) is 6.59. The zero-order valence-electron chi connectivity index (χ0n) is 8.36. The molecule has 1 N–H and O–H groups in total. The van der Waals surface area contributed by atoms with Crippen LogP contribution in [0.5, 0.6) is 0 Å². The average molecular weight is 229 g/mol. The molecular weight excluding hydrogens is 214 g/mol. The fourth-order valence-corrected chi connectivity index (χ4v) is 2.05. The van der Waals surface area contributed by atoms with Crippen LogP contribution in [0.2, 0.25) is 0 Å². The van der Waals surface area contributed by atoms with Gasteiger partial charge in [-0.2, -0.15) is 12.6 Å². The van der Waals surface area contributed by atoms with Crippen LogP contribution in [0.15, 0.2) is 17.5 Å². The Hall–Kier alpha value is -0.480. The SMILES string of the molecule is CC(Cc1cccs1)NC(=O)C(C)S. The Balaban J connectivity index is 2.36. The zero-order valence-corrected chi connectivity index (χ0v) is 10.1. The minimum absolute atomic E-state index is 0.00242. The molecule has 2 atom stereocenters. The van der Waals surface area contributed by atoms with Gasteiger partial charge in [0, 0.05) is 17.3 Å². The summed E-state index contributed by atoms with van der Waals surface area (Å²) >= 11 is 5.79. The Labute approximate surface area is 94.1 Å². The van der Waals surface area contributed by atoms with Gasteiger partial charge in [0.05, 0.1) is 5.25 Å². The van der Waals surface area contributed by atoms with Crippen LogP contribution in [-0.2, 0) is 11.2 Å². The summed E-state index contributed by atoms with van der Waals surface area (Å²) in [6.45, 7) is 3.78. The summed E-state index contributed by atoms with van der Waals surface area (Å²) in [5.41, 5.74) is 0. The first-order valence-corrected chi connectivity index (χ1v) is 6.00. The van der Waals surface area contributed by atoms with Crippen LogP contribution < -0.4 is 5.32 Å². The Morgan fingerprint density at radius 1 is 1.64 bits per heavy atom. The van der Waals surface area contributed by atoms with Gasteiger partial charge in [-0.05, 0) is 25.3 Å². The Morgan fingerprint density at radius 2 is 2.36 bits per heavy atom. The van der Waals surface area contributed by atoms with Gasteiger partial charge in [0.2, 0.25) is 5.91 Å². The molecule has 1 aromatic rings. The lowest BCUT2D eigenvalue weighted by molar-refractivity contribution is -0.120. The Kier molecular flexibility index (Phi) is 4.48. The number of thiophene rings is 1. The fraction of sp³-hybridized carbons (Fsp3) is 0.500. The van der Waals surface area contributed by atoms with Crippen molar-refractivity contribution in [3.05, 3.63) is 22.4 Å². The second kappa shape index (κ2) is 5.41. The predicted octanol–water partition coefficient (Wildman–Crippen LogP) is 2.11. The maximum Gasteiger partial charge on any atom is 0.232 e. The molecule has 4 heteroatoms. The van der Waals surface area contributed by atoms with E-state index in [9.17, 15) is 4.79 Å². The van der Waals surface area contributed by atoms with E-state index >= 15 is 0 Å². The molecule has 1 aromatic heterocycles. The normalized spacial score (nSPS) is 14.8. The van der Waals surface area contributed by atoms with Gasteiger partial charge >= 0.3 is 0 Å². The van der Waals surface area contributed by atoms with Crippen molar-refractivity contribution in [3.8, 4) is 0 Å². The highest BCUT2D eigenvalue weighted by Gasteiger charge is 2.11. The summed E-state index contributed by atoms with van der Waals surface area (Å²) in [4.78, 5) is 12.6. The number of carbonyl (C=O) groups is 1. The van der Waals surface area contributed by atoms with Crippen molar-refractivity contribution >= 4 is 29.9 Å². The standard InChI is InChI=1S/C10H15NOS2/c1-7(11-10(12)8(2)13)6-9-4-3-5-14-9/h3-5,7-8,13H,6H2,1-2H3,(H,11,12). The monoisotopic (exact) mass is 229 g/mol. The molecule has 14 heavy (non-hydrogen) atoms. The lowest BCUT2D eigenvalue weighted by Gasteiger charge is -2.14. The lowest BCUT2D eigenvalue weighted by Crippen LogP contribution is -2.37. The molecule has 0 fully saturated rings. The van der Waals surface area contributed by atoms with Gasteiger partial charge in [-0.3, -0.25) is 4.79 Å². The van der Waals surface area contributed by atoms with E-state index in [1.165, 1.54) is 4.88 Å². The number of hydrogen-bond acceptors (Lipinski definition) is 3. The van der Waals surface area contributed by atoms with Gasteiger partial charge in [-0.25, -0.2) is 0 Å². The first-order valence-electron chi connectivity index (χ1n) is 4.60. The van der Waals surface area contributed by atoms with Crippen molar-refractivity contribution < 1.29 is 4.79 Å². The third-order valence-electron chi connectivity index (χ3n) is 1.86. The van der Waals surface area contributed by atoms with Crippen molar-refractivity contribution in [2.24, 2.45) is 0 Å². The minimum atomic E-state index is -0.235. The van der Waals surface area contributed by atoms with Crippen LogP contribution in [0, 0.1) is 0 Å². The van der Waals surface area contributed by atoms with Gasteiger partial charge in [0.15, 0.2) is 0 Å². The number of carbonyl (C=O) groups excluding carboxylic acids is 1. The summed E-state index contributed by atoms with van der Waals surface area (Å²) in [6, 6.07) is 4.28. The van der Waals surface area contributed by atoms with Crippen LogP contribution in [0.1, 0.15) is 18.7 Å². The maximum atomic E-state index is 11.3. The largest absolute Gasteiger partial charge is 0.352 e. The predicted molar refractivity (Wildman–Crippen MR) is 64.1 cm³/mol. The summed E-state index contributed by atoms with van der Waals surface area (Å²) in [6.07, 6.45) is 0.893. The van der Waals surface area contributed by atoms with E-state index in [4.69, 9.17) is 0 Å². The molecule has 0 aliphatic heterocycles. The molecule has 0 saturated carbocycles. The van der Waals surface area contributed by atoms with Gasteiger partial charge in [-0.1, -0.05) is 6.07 Å². The molecule has 0 aliphatic rings. The molecule has 0 aromatic carbocycles. The molecule has 1 heterocycles. The van der Waals surface area contributed by atoms with Crippen molar-refractivity contribution in [2.75, 3.05) is 0 Å². The van der Waals surface area contributed by atoms with E-state index in [0.717, 1.165) is 6.42 Å². The molecule has 2 nitrogen and oxygen atoms in total. The zero-order chi connectivity index (χ0) is 10.6. The van der Waals surface area contributed by atoms with Crippen LogP contribution in [0.3, 0.4) is 0 Å². The van der Waals surface area contributed by atoms with E-state index in [2.05, 4.69) is 24.0 Å². The van der Waals surface area contributed by atoms with Gasteiger partial charge in [0.25, 0.3) is 0 Å². The molecule has 1 rings (SSSR count). The summed E-state index contributed by atoms with van der Waals surface area (Å²) in [7, 11) is 0. The highest BCUT2D eigenvalue weighted by atomic mass is 32.1. The second-order valence-corrected chi connectivity index (χ2v) is 5.18. The minimum Gasteiger partial charge on any atom is -0.352 e. The molecular formula is C10H15NOS2. The maximum absolute atomic E-state index is 11.3. The average Bonchev–Trinajstić information content (AvgIpc) is 2.56. The molecule has 1 amide bonds. The van der Waals surface area contributed by atoms with Crippen molar-refractivity contribution in [1.29, 1.82) is 0 Å². The smallest absolute Gasteiger partial charge is 0.232 e. The van der Waals surface area contributed by atoms with Crippen LogP contribution in [0.4, 0.5) is 0 Å². The number of hydrogen-bond donors (Lipinski definition) is 2. The number of amides is 1. The second-order valence-electron chi connectivity index (χ2n) is 3.37. The molecule has 2 unspecified atom stereocenters. The topological polar surface area (TPSA) is 29.1 Å². The highest BCUT2D eigenvalue weighted by Crippen LogP contribution is 2.11. The van der Waals surface area contributed by atoms with Crippen molar-refractivity contribution in [2.45, 2.75) is 31.6 Å². The van der Waals surface area contributed by atoms with Gasteiger partial charge in [-0.15, -0.1) is 11.3 Å². The lowest BCUT2D eigenvalue weighted by atomic mass is 10.2. The van der Waals surface area contributed by atoms with E-state index in [1.807, 2.05) is 18.4 Å². The number of nitrogens with one attached hydrogen (secondary N) is 1. The van der Waals surface area contributed by atoms with E-state index in [-0.39, 0.29) is 17.2 Å². The third kappa shape index (κ3) is 3.72. The molecule has 0 bridgehead atoms. The molecule has 78 valence electrons. The Morgan fingerprint density at radius 3 is 2.86 bits per heavy atom. The van der Waals surface area contributed by atoms with Gasteiger partial charge < -0.3 is 5.32 Å². The molecule has 0 spiro atoms. The first kappa shape index (κ1) is 11.6. The third-order valence-corrected chi connectivity index (χ3v) is 2.99. The summed E-state index contributed by atoms with van der Waals surface area (Å²) in [5, 5.41) is 4.72. The Bertz CT molecular complexity index is 282.